The maximum absolute atomic E-state index is 12.6. The van der Waals surface area contributed by atoms with E-state index in [9.17, 15) is 23.1 Å². The molecule has 0 spiro atoms. The first kappa shape index (κ1) is 19.2. The lowest BCUT2D eigenvalue weighted by atomic mass is 9.97. The molecule has 0 aliphatic carbocycles. The molecule has 1 aromatic rings. The number of aromatic hydroxyl groups is 1. The summed E-state index contributed by atoms with van der Waals surface area (Å²) in [5, 5.41) is 12.7. The van der Waals surface area contributed by atoms with Gasteiger partial charge in [0.2, 0.25) is 21.8 Å². The highest BCUT2D eigenvalue weighted by molar-refractivity contribution is 7.93. The van der Waals surface area contributed by atoms with Crippen LogP contribution < -0.4 is 9.62 Å². The van der Waals surface area contributed by atoms with Crippen LogP contribution in [-0.4, -0.2) is 55.6 Å². The number of hydrogen-bond acceptors (Lipinski definition) is 5. The predicted octanol–water partition coefficient (Wildman–Crippen LogP) is 1.30. The fraction of sp³-hybridized carbons (Fsp3) is 0.444. The molecule has 2 N–H and O–H groups in total. The Morgan fingerprint density at radius 1 is 1.26 bits per heavy atom. The van der Waals surface area contributed by atoms with Crippen LogP contribution in [0.15, 0.2) is 30.9 Å². The summed E-state index contributed by atoms with van der Waals surface area (Å²) in [6, 6.07) is 4.34. The molecule has 0 radical (unpaired) electrons. The third-order valence-corrected chi connectivity index (χ3v) is 6.77. The van der Waals surface area contributed by atoms with E-state index in [0.717, 1.165) is 0 Å². The SMILES string of the molecule is C=CC(=O)N1CCCC(C(=O)Nc2cc(N3CCCS3(=O)=O)ccc2O)C1. The van der Waals surface area contributed by atoms with Crippen molar-refractivity contribution in [3.05, 3.63) is 30.9 Å². The highest BCUT2D eigenvalue weighted by Gasteiger charge is 2.30. The van der Waals surface area contributed by atoms with Gasteiger partial charge >= 0.3 is 0 Å². The topological polar surface area (TPSA) is 107 Å². The lowest BCUT2D eigenvalue weighted by Crippen LogP contribution is -2.43. The summed E-state index contributed by atoms with van der Waals surface area (Å²) < 4.78 is 25.5. The molecule has 2 amide bonds. The van der Waals surface area contributed by atoms with Crippen LogP contribution in [0.25, 0.3) is 0 Å². The van der Waals surface area contributed by atoms with E-state index in [0.29, 0.717) is 38.0 Å². The van der Waals surface area contributed by atoms with Gasteiger partial charge in [0.25, 0.3) is 0 Å². The molecule has 2 fully saturated rings. The van der Waals surface area contributed by atoms with Crippen LogP contribution in [0.5, 0.6) is 5.75 Å². The van der Waals surface area contributed by atoms with Gasteiger partial charge in [-0.3, -0.25) is 13.9 Å². The number of likely N-dealkylation sites (tertiary alicyclic amines) is 1. The summed E-state index contributed by atoms with van der Waals surface area (Å²) >= 11 is 0. The molecule has 27 heavy (non-hydrogen) atoms. The second-order valence-corrected chi connectivity index (χ2v) is 8.77. The molecule has 0 bridgehead atoms. The Labute approximate surface area is 158 Å². The van der Waals surface area contributed by atoms with Crippen LogP contribution in [0, 0.1) is 5.92 Å². The number of amides is 2. The molecule has 2 saturated heterocycles. The molecule has 8 nitrogen and oxygen atoms in total. The van der Waals surface area contributed by atoms with Crippen molar-refractivity contribution in [1.82, 2.24) is 4.90 Å². The first-order valence-corrected chi connectivity index (χ1v) is 10.5. The van der Waals surface area contributed by atoms with Crippen molar-refractivity contribution in [3.63, 3.8) is 0 Å². The van der Waals surface area contributed by atoms with Gasteiger partial charge in [-0.25, -0.2) is 8.42 Å². The number of carbonyl (C=O) groups excluding carboxylic acids is 2. The number of phenolic OH excluding ortho intramolecular Hbond substituents is 1. The summed E-state index contributed by atoms with van der Waals surface area (Å²) in [6.07, 6.45) is 3.11. The van der Waals surface area contributed by atoms with E-state index in [2.05, 4.69) is 11.9 Å². The number of phenols is 1. The molecule has 2 heterocycles. The average molecular weight is 393 g/mol. The van der Waals surface area contributed by atoms with Gasteiger partial charge in [-0.1, -0.05) is 6.58 Å². The Hall–Kier alpha value is -2.55. The molecule has 146 valence electrons. The van der Waals surface area contributed by atoms with E-state index in [1.165, 1.54) is 28.6 Å². The average Bonchev–Trinajstić information content (AvgIpc) is 3.02. The minimum Gasteiger partial charge on any atom is -0.506 e. The second-order valence-electron chi connectivity index (χ2n) is 6.76. The molecule has 3 rings (SSSR count). The summed E-state index contributed by atoms with van der Waals surface area (Å²) in [5.41, 5.74) is 0.569. The standard InChI is InChI=1S/C18H23N3O5S/c1-2-17(23)20-8-3-5-13(12-20)18(24)19-15-11-14(6-7-16(15)22)21-9-4-10-27(21,25)26/h2,6-7,11,13,22H,1,3-5,8-10,12H2,(H,19,24). The van der Waals surface area contributed by atoms with Crippen molar-refractivity contribution in [2.45, 2.75) is 19.3 Å². The van der Waals surface area contributed by atoms with Crippen LogP contribution in [0.1, 0.15) is 19.3 Å². The van der Waals surface area contributed by atoms with E-state index >= 15 is 0 Å². The van der Waals surface area contributed by atoms with E-state index in [4.69, 9.17) is 0 Å². The lowest BCUT2D eigenvalue weighted by molar-refractivity contribution is -0.130. The van der Waals surface area contributed by atoms with Gasteiger partial charge in [-0.2, -0.15) is 0 Å². The highest BCUT2D eigenvalue weighted by atomic mass is 32.2. The molecule has 2 aliphatic rings. The lowest BCUT2D eigenvalue weighted by Gasteiger charge is -2.31. The van der Waals surface area contributed by atoms with Crippen molar-refractivity contribution in [2.24, 2.45) is 5.92 Å². The first-order chi connectivity index (χ1) is 12.8. The zero-order chi connectivity index (χ0) is 19.6. The van der Waals surface area contributed by atoms with Crippen LogP contribution in [0.3, 0.4) is 0 Å². The van der Waals surface area contributed by atoms with Gasteiger partial charge in [0.05, 0.1) is 23.0 Å². The number of nitrogens with zero attached hydrogens (tertiary/aromatic N) is 2. The van der Waals surface area contributed by atoms with Crippen molar-refractivity contribution in [1.29, 1.82) is 0 Å². The highest BCUT2D eigenvalue weighted by Crippen LogP contribution is 2.32. The number of benzene rings is 1. The van der Waals surface area contributed by atoms with Gasteiger partial charge < -0.3 is 15.3 Å². The van der Waals surface area contributed by atoms with Crippen LogP contribution in [0.4, 0.5) is 11.4 Å². The van der Waals surface area contributed by atoms with Crippen LogP contribution >= 0.6 is 0 Å². The van der Waals surface area contributed by atoms with Gasteiger partial charge in [0.15, 0.2) is 0 Å². The molecule has 1 unspecified atom stereocenters. The van der Waals surface area contributed by atoms with Gasteiger partial charge in [-0.05, 0) is 43.5 Å². The van der Waals surface area contributed by atoms with Crippen molar-refractivity contribution in [3.8, 4) is 5.75 Å². The van der Waals surface area contributed by atoms with E-state index in [1.807, 2.05) is 0 Å². The summed E-state index contributed by atoms with van der Waals surface area (Å²) in [4.78, 5) is 26.0. The maximum atomic E-state index is 12.6. The largest absolute Gasteiger partial charge is 0.506 e. The van der Waals surface area contributed by atoms with Crippen molar-refractivity contribution >= 4 is 33.2 Å². The maximum Gasteiger partial charge on any atom is 0.245 e. The molecular weight excluding hydrogens is 370 g/mol. The van der Waals surface area contributed by atoms with Gasteiger partial charge in [0.1, 0.15) is 5.75 Å². The summed E-state index contributed by atoms with van der Waals surface area (Å²) in [6.45, 7) is 4.72. The summed E-state index contributed by atoms with van der Waals surface area (Å²) in [7, 11) is -3.35. The van der Waals surface area contributed by atoms with Crippen molar-refractivity contribution < 1.29 is 23.1 Å². The molecule has 1 atom stereocenters. The minimum absolute atomic E-state index is 0.0881. The van der Waals surface area contributed by atoms with Gasteiger partial charge in [-0.15, -0.1) is 0 Å². The third kappa shape index (κ3) is 4.08. The Kier molecular flexibility index (Phi) is 5.41. The number of sulfonamides is 1. The van der Waals surface area contributed by atoms with E-state index < -0.39 is 15.9 Å². The number of piperidine rings is 1. The fourth-order valence-corrected chi connectivity index (χ4v) is 5.02. The predicted molar refractivity (Wildman–Crippen MR) is 102 cm³/mol. The third-order valence-electron chi connectivity index (χ3n) is 4.90. The number of hydrogen-bond donors (Lipinski definition) is 2. The van der Waals surface area contributed by atoms with Crippen LogP contribution in [-0.2, 0) is 19.6 Å². The van der Waals surface area contributed by atoms with Gasteiger partial charge in [0, 0.05) is 19.6 Å². The van der Waals surface area contributed by atoms with E-state index in [1.54, 1.807) is 4.90 Å². The van der Waals surface area contributed by atoms with Crippen LogP contribution in [0.2, 0.25) is 0 Å². The molecule has 9 heteroatoms. The molecule has 0 aromatic heterocycles. The molecule has 2 aliphatic heterocycles. The van der Waals surface area contributed by atoms with E-state index in [-0.39, 0.29) is 35.5 Å². The Morgan fingerprint density at radius 3 is 2.70 bits per heavy atom. The Balaban J connectivity index is 1.75. The Morgan fingerprint density at radius 2 is 2.04 bits per heavy atom. The monoisotopic (exact) mass is 393 g/mol. The Bertz CT molecular complexity index is 868. The number of nitrogens with one attached hydrogen (secondary N) is 1. The molecule has 1 aromatic carbocycles. The molecular formula is C18H23N3O5S. The molecule has 0 saturated carbocycles. The number of carbonyl (C=O) groups is 2. The normalized spacial score (nSPS) is 21.7. The number of rotatable bonds is 4. The second kappa shape index (κ2) is 7.59. The summed E-state index contributed by atoms with van der Waals surface area (Å²) in [5.74, 6) is -0.977. The zero-order valence-corrected chi connectivity index (χ0v) is 15.7. The fourth-order valence-electron chi connectivity index (χ4n) is 3.46. The minimum atomic E-state index is -3.35. The first-order valence-electron chi connectivity index (χ1n) is 8.87. The smallest absolute Gasteiger partial charge is 0.245 e. The number of anilines is 2. The van der Waals surface area contributed by atoms with Crippen molar-refractivity contribution in [2.75, 3.05) is 35.0 Å². The zero-order valence-electron chi connectivity index (χ0n) is 14.9. The quantitative estimate of drug-likeness (QED) is 0.592.